The van der Waals surface area contributed by atoms with E-state index in [1.165, 1.54) is 17.0 Å². The molecule has 216 valence electrons. The Balaban J connectivity index is 1.44. The molecule has 0 unspecified atom stereocenters. The molecule has 0 bridgehead atoms. The third-order valence-electron chi connectivity index (χ3n) is 6.55. The highest BCUT2D eigenvalue weighted by Gasteiger charge is 2.20. The van der Waals surface area contributed by atoms with Gasteiger partial charge in [0.15, 0.2) is 17.3 Å². The summed E-state index contributed by atoms with van der Waals surface area (Å²) < 4.78 is 33.6. The number of para-hydroxylation sites is 1. The predicted molar refractivity (Wildman–Crippen MR) is 170 cm³/mol. The molecular formula is C32H21BrCl2FN3O4. The van der Waals surface area contributed by atoms with Crippen molar-refractivity contribution in [2.45, 2.75) is 13.5 Å². The van der Waals surface area contributed by atoms with Crippen molar-refractivity contribution in [1.82, 2.24) is 9.66 Å². The molecule has 0 amide bonds. The number of fused-ring (bicyclic) bond motifs is 2. The molecule has 2 aromatic heterocycles. The maximum atomic E-state index is 14.2. The van der Waals surface area contributed by atoms with Crippen LogP contribution in [0.15, 0.2) is 97.6 Å². The first-order valence-electron chi connectivity index (χ1n) is 13.1. The molecule has 4 aromatic carbocycles. The average molecular weight is 681 g/mol. The Hall–Kier alpha value is -4.18. The van der Waals surface area contributed by atoms with E-state index in [0.717, 1.165) is 5.39 Å². The van der Waals surface area contributed by atoms with Gasteiger partial charge in [-0.25, -0.2) is 9.37 Å². The van der Waals surface area contributed by atoms with Crippen molar-refractivity contribution in [3.05, 3.63) is 121 Å². The van der Waals surface area contributed by atoms with Crippen LogP contribution in [0, 0.1) is 5.82 Å². The van der Waals surface area contributed by atoms with Crippen molar-refractivity contribution in [3.63, 3.8) is 0 Å². The maximum absolute atomic E-state index is 14.2. The van der Waals surface area contributed by atoms with Gasteiger partial charge in [-0.15, -0.1) is 0 Å². The van der Waals surface area contributed by atoms with Crippen LogP contribution in [0.4, 0.5) is 4.39 Å². The van der Waals surface area contributed by atoms with Crippen LogP contribution >= 0.6 is 39.1 Å². The summed E-state index contributed by atoms with van der Waals surface area (Å²) in [5.41, 5.74) is 1.54. The Morgan fingerprint density at radius 3 is 2.65 bits per heavy atom. The highest BCUT2D eigenvalue weighted by Crippen LogP contribution is 2.43. The first kappa shape index (κ1) is 28.9. The van der Waals surface area contributed by atoms with Gasteiger partial charge in [-0.1, -0.05) is 53.5 Å². The molecule has 0 aliphatic carbocycles. The Morgan fingerprint density at radius 1 is 1.05 bits per heavy atom. The quantitative estimate of drug-likeness (QED) is 0.150. The molecule has 2 heterocycles. The number of hydrogen-bond donors (Lipinski definition) is 0. The van der Waals surface area contributed by atoms with Crippen LogP contribution in [0.25, 0.3) is 33.5 Å². The van der Waals surface area contributed by atoms with E-state index in [1.807, 2.05) is 6.92 Å². The average Bonchev–Trinajstić information content (AvgIpc) is 3.42. The number of halogens is 4. The van der Waals surface area contributed by atoms with Gasteiger partial charge in [0.2, 0.25) is 5.82 Å². The molecule has 0 atom stereocenters. The molecule has 43 heavy (non-hydrogen) atoms. The zero-order valence-electron chi connectivity index (χ0n) is 22.5. The summed E-state index contributed by atoms with van der Waals surface area (Å²) in [6, 6.07) is 22.0. The fourth-order valence-corrected chi connectivity index (χ4v) is 5.33. The van der Waals surface area contributed by atoms with Crippen molar-refractivity contribution in [1.29, 1.82) is 0 Å². The lowest BCUT2D eigenvalue weighted by Gasteiger charge is -2.16. The van der Waals surface area contributed by atoms with E-state index in [2.05, 4.69) is 21.0 Å². The van der Waals surface area contributed by atoms with E-state index >= 15 is 0 Å². The molecule has 7 nitrogen and oxygen atoms in total. The maximum Gasteiger partial charge on any atom is 0.282 e. The molecule has 0 aliphatic heterocycles. The van der Waals surface area contributed by atoms with Gasteiger partial charge in [0.05, 0.1) is 23.7 Å². The third kappa shape index (κ3) is 5.76. The van der Waals surface area contributed by atoms with E-state index < -0.39 is 11.4 Å². The highest BCUT2D eigenvalue weighted by molar-refractivity contribution is 9.10. The minimum Gasteiger partial charge on any atom is -0.490 e. The molecule has 6 rings (SSSR count). The van der Waals surface area contributed by atoms with E-state index in [1.54, 1.807) is 72.8 Å². The lowest BCUT2D eigenvalue weighted by Crippen LogP contribution is -2.20. The van der Waals surface area contributed by atoms with Crippen LogP contribution < -0.4 is 15.0 Å². The topological polar surface area (TPSA) is 78.9 Å². The van der Waals surface area contributed by atoms with Crippen molar-refractivity contribution >= 4 is 67.2 Å². The standard InChI is InChI=1S/C32H21BrCl2FN3O4/c1-2-41-26-15-20(28(33)29(35)30(26)42-17-18-7-3-5-9-23(18)36)16-37-39-31(38-24-10-6-4-8-22(24)32(39)40)27-14-19-13-21(34)11-12-25(19)43-27/h3-16H,2,17H2,1H3. The van der Waals surface area contributed by atoms with E-state index in [0.29, 0.717) is 55.2 Å². The second-order valence-electron chi connectivity index (χ2n) is 9.34. The molecule has 0 saturated carbocycles. The molecule has 0 saturated heterocycles. The first-order valence-corrected chi connectivity index (χ1v) is 14.7. The Labute approximate surface area is 263 Å². The van der Waals surface area contributed by atoms with Crippen LogP contribution in [0.2, 0.25) is 10.0 Å². The van der Waals surface area contributed by atoms with Crippen molar-refractivity contribution in [2.75, 3.05) is 6.61 Å². The predicted octanol–water partition coefficient (Wildman–Crippen LogP) is 8.88. The molecule has 11 heteroatoms. The van der Waals surface area contributed by atoms with E-state index in [-0.39, 0.29) is 23.2 Å². The molecule has 0 spiro atoms. The van der Waals surface area contributed by atoms with Gasteiger partial charge >= 0.3 is 0 Å². The Kier molecular flexibility index (Phi) is 8.21. The number of rotatable bonds is 8. The van der Waals surface area contributed by atoms with Gasteiger partial charge in [-0.2, -0.15) is 9.78 Å². The molecule has 0 radical (unpaired) electrons. The monoisotopic (exact) mass is 679 g/mol. The number of nitrogens with zero attached hydrogens (tertiary/aromatic N) is 3. The van der Waals surface area contributed by atoms with Gasteiger partial charge < -0.3 is 13.9 Å². The van der Waals surface area contributed by atoms with E-state index in [9.17, 15) is 9.18 Å². The highest BCUT2D eigenvalue weighted by atomic mass is 79.9. The van der Waals surface area contributed by atoms with Gasteiger partial charge in [-0.3, -0.25) is 4.79 Å². The van der Waals surface area contributed by atoms with E-state index in [4.69, 9.17) is 42.1 Å². The summed E-state index contributed by atoms with van der Waals surface area (Å²) in [4.78, 5) is 18.4. The molecule has 0 N–H and O–H groups in total. The third-order valence-corrected chi connectivity index (χ3v) is 8.23. The molecule has 0 aliphatic rings. The number of ether oxygens (including phenoxy) is 2. The number of benzene rings is 4. The van der Waals surface area contributed by atoms with Crippen LogP contribution in [0.5, 0.6) is 11.5 Å². The second kappa shape index (κ2) is 12.2. The largest absolute Gasteiger partial charge is 0.490 e. The van der Waals surface area contributed by atoms with Gasteiger partial charge in [0.25, 0.3) is 5.56 Å². The lowest BCUT2D eigenvalue weighted by atomic mass is 10.2. The van der Waals surface area contributed by atoms with Crippen LogP contribution in [0.1, 0.15) is 18.1 Å². The fourth-order valence-electron chi connectivity index (χ4n) is 4.50. The van der Waals surface area contributed by atoms with Crippen molar-refractivity contribution in [2.24, 2.45) is 5.10 Å². The summed E-state index contributed by atoms with van der Waals surface area (Å²) in [6.07, 6.45) is 1.46. The molecule has 6 aromatic rings. The number of aromatic nitrogens is 2. The van der Waals surface area contributed by atoms with Gasteiger partial charge in [-0.05, 0) is 71.4 Å². The van der Waals surface area contributed by atoms with Gasteiger partial charge in [0.1, 0.15) is 23.0 Å². The second-order valence-corrected chi connectivity index (χ2v) is 10.9. The number of hydrogen-bond acceptors (Lipinski definition) is 6. The minimum atomic E-state index is -0.396. The lowest BCUT2D eigenvalue weighted by molar-refractivity contribution is 0.266. The molecular weight excluding hydrogens is 660 g/mol. The van der Waals surface area contributed by atoms with Gasteiger partial charge in [0, 0.05) is 26.0 Å². The first-order chi connectivity index (χ1) is 20.8. The van der Waals surface area contributed by atoms with Crippen LogP contribution in [0.3, 0.4) is 0 Å². The van der Waals surface area contributed by atoms with Crippen molar-refractivity contribution < 1.29 is 18.3 Å². The summed E-state index contributed by atoms with van der Waals surface area (Å²) in [5, 5.41) is 6.40. The smallest absolute Gasteiger partial charge is 0.282 e. The summed E-state index contributed by atoms with van der Waals surface area (Å²) in [7, 11) is 0. The zero-order valence-corrected chi connectivity index (χ0v) is 25.6. The summed E-state index contributed by atoms with van der Waals surface area (Å²) >= 11 is 16.4. The summed E-state index contributed by atoms with van der Waals surface area (Å²) in [5.74, 6) is 0.705. The van der Waals surface area contributed by atoms with Crippen LogP contribution in [-0.2, 0) is 6.61 Å². The Bertz CT molecular complexity index is 2090. The zero-order chi connectivity index (χ0) is 30.1. The Morgan fingerprint density at radius 2 is 1.84 bits per heavy atom. The number of furan rings is 1. The minimum absolute atomic E-state index is 0.0590. The molecule has 0 fully saturated rings. The van der Waals surface area contributed by atoms with Crippen molar-refractivity contribution in [3.8, 4) is 23.1 Å². The normalized spacial score (nSPS) is 11.6. The SMILES string of the molecule is CCOc1cc(C=Nn2c(-c3cc4cc(Cl)ccc4o3)nc3ccccc3c2=O)c(Br)c(Cl)c1OCc1ccccc1F. The summed E-state index contributed by atoms with van der Waals surface area (Å²) in [6.45, 7) is 2.08. The fraction of sp³-hybridized carbons (Fsp3) is 0.0938. The van der Waals surface area contributed by atoms with Crippen LogP contribution in [-0.4, -0.2) is 22.5 Å².